The molecule has 94 valence electrons. The van der Waals surface area contributed by atoms with Crippen LogP contribution in [-0.4, -0.2) is 15.3 Å². The van der Waals surface area contributed by atoms with Crippen molar-refractivity contribution < 1.29 is 0 Å². The van der Waals surface area contributed by atoms with Crippen molar-refractivity contribution in [2.75, 3.05) is 5.32 Å². The van der Waals surface area contributed by atoms with Gasteiger partial charge in [-0.2, -0.15) is 5.10 Å². The third-order valence-corrected chi connectivity index (χ3v) is 3.10. The summed E-state index contributed by atoms with van der Waals surface area (Å²) in [6, 6.07) is 8.03. The lowest BCUT2D eigenvalue weighted by Gasteiger charge is -2.13. The van der Waals surface area contributed by atoms with Gasteiger partial charge in [-0.15, -0.1) is 0 Å². The molecule has 0 aliphatic heterocycles. The number of anilines is 1. The van der Waals surface area contributed by atoms with Crippen molar-refractivity contribution in [1.82, 2.24) is 15.5 Å². The maximum absolute atomic E-state index is 5.26. The van der Waals surface area contributed by atoms with Crippen molar-refractivity contribution in [3.05, 3.63) is 47.3 Å². The van der Waals surface area contributed by atoms with Crippen LogP contribution >= 0.6 is 12.2 Å². The van der Waals surface area contributed by atoms with E-state index in [0.717, 1.165) is 11.4 Å². The normalized spacial score (nSPS) is 10.1. The van der Waals surface area contributed by atoms with Gasteiger partial charge < -0.3 is 10.6 Å². The number of aromatic nitrogens is 2. The van der Waals surface area contributed by atoms with Crippen LogP contribution in [0, 0.1) is 13.8 Å². The molecule has 5 heteroatoms. The zero-order chi connectivity index (χ0) is 13.0. The lowest BCUT2D eigenvalue weighted by molar-refractivity contribution is 0.865. The van der Waals surface area contributed by atoms with Gasteiger partial charge in [0.15, 0.2) is 5.11 Å². The number of benzene rings is 1. The van der Waals surface area contributed by atoms with E-state index < -0.39 is 0 Å². The minimum Gasteiger partial charge on any atom is -0.357 e. The topological polar surface area (TPSA) is 52.7 Å². The molecule has 0 saturated carbocycles. The molecule has 0 radical (unpaired) electrons. The molecule has 1 heterocycles. The largest absolute Gasteiger partial charge is 0.357 e. The summed E-state index contributed by atoms with van der Waals surface area (Å²) in [7, 11) is 0. The molecule has 0 fully saturated rings. The fraction of sp³-hybridized carbons (Fsp3) is 0.231. The standard InChI is InChI=1S/C13H16N4S/c1-9-4-3-5-12(10(9)2)16-13(18)14-8-11-6-7-15-17-11/h3-7H,8H2,1-2H3,(H,15,17)(H2,14,16,18). The lowest BCUT2D eigenvalue weighted by Crippen LogP contribution is -2.28. The van der Waals surface area contributed by atoms with Crippen LogP contribution < -0.4 is 10.6 Å². The second kappa shape index (κ2) is 5.64. The maximum Gasteiger partial charge on any atom is 0.171 e. The van der Waals surface area contributed by atoms with Gasteiger partial charge >= 0.3 is 0 Å². The number of aryl methyl sites for hydroxylation is 1. The van der Waals surface area contributed by atoms with E-state index in [0.29, 0.717) is 11.7 Å². The van der Waals surface area contributed by atoms with E-state index in [-0.39, 0.29) is 0 Å². The first-order valence-electron chi connectivity index (χ1n) is 5.76. The van der Waals surface area contributed by atoms with E-state index in [1.807, 2.05) is 18.2 Å². The molecule has 0 amide bonds. The van der Waals surface area contributed by atoms with Gasteiger partial charge in [0, 0.05) is 11.9 Å². The van der Waals surface area contributed by atoms with E-state index >= 15 is 0 Å². The van der Waals surface area contributed by atoms with Crippen molar-refractivity contribution >= 4 is 23.0 Å². The molecule has 0 unspecified atom stereocenters. The van der Waals surface area contributed by atoms with Crippen molar-refractivity contribution in [2.24, 2.45) is 0 Å². The van der Waals surface area contributed by atoms with Gasteiger partial charge in [0.2, 0.25) is 0 Å². The number of nitrogens with zero attached hydrogens (tertiary/aromatic N) is 1. The van der Waals surface area contributed by atoms with E-state index in [4.69, 9.17) is 12.2 Å². The fourth-order valence-corrected chi connectivity index (χ4v) is 1.79. The third kappa shape index (κ3) is 3.07. The summed E-state index contributed by atoms with van der Waals surface area (Å²) in [5.41, 5.74) is 4.50. The monoisotopic (exact) mass is 260 g/mol. The van der Waals surface area contributed by atoms with Crippen LogP contribution in [0.3, 0.4) is 0 Å². The van der Waals surface area contributed by atoms with Crippen LogP contribution in [0.2, 0.25) is 0 Å². The molecule has 0 aliphatic carbocycles. The number of hydrogen-bond donors (Lipinski definition) is 3. The van der Waals surface area contributed by atoms with E-state index in [1.54, 1.807) is 6.20 Å². The summed E-state index contributed by atoms with van der Waals surface area (Å²) < 4.78 is 0. The van der Waals surface area contributed by atoms with Gasteiger partial charge in [0.1, 0.15) is 0 Å². The summed E-state index contributed by atoms with van der Waals surface area (Å²) in [4.78, 5) is 0. The molecule has 0 spiro atoms. The molecule has 18 heavy (non-hydrogen) atoms. The third-order valence-electron chi connectivity index (χ3n) is 2.85. The molecule has 3 N–H and O–H groups in total. The summed E-state index contributed by atoms with van der Waals surface area (Å²) >= 11 is 5.26. The molecular weight excluding hydrogens is 244 g/mol. The summed E-state index contributed by atoms with van der Waals surface area (Å²) in [5, 5.41) is 13.7. The van der Waals surface area contributed by atoms with E-state index in [1.165, 1.54) is 11.1 Å². The second-order valence-corrected chi connectivity index (χ2v) is 4.55. The van der Waals surface area contributed by atoms with Crippen LogP contribution in [0.4, 0.5) is 5.69 Å². The van der Waals surface area contributed by atoms with Gasteiger partial charge in [0.05, 0.1) is 12.2 Å². The Morgan fingerprint density at radius 3 is 2.89 bits per heavy atom. The Morgan fingerprint density at radius 2 is 2.17 bits per heavy atom. The number of thiocarbonyl (C=S) groups is 1. The maximum atomic E-state index is 5.26. The molecule has 0 saturated heterocycles. The molecule has 0 bridgehead atoms. The molecule has 4 nitrogen and oxygen atoms in total. The molecular formula is C13H16N4S. The quantitative estimate of drug-likeness (QED) is 0.742. The van der Waals surface area contributed by atoms with E-state index in [2.05, 4.69) is 40.7 Å². The number of aromatic amines is 1. The van der Waals surface area contributed by atoms with Crippen molar-refractivity contribution in [3.8, 4) is 0 Å². The van der Waals surface area contributed by atoms with Crippen molar-refractivity contribution in [1.29, 1.82) is 0 Å². The first-order valence-corrected chi connectivity index (χ1v) is 6.17. The highest BCUT2D eigenvalue weighted by Gasteiger charge is 2.03. The van der Waals surface area contributed by atoms with E-state index in [9.17, 15) is 0 Å². The molecule has 2 aromatic rings. The molecule has 2 rings (SSSR count). The smallest absolute Gasteiger partial charge is 0.171 e. The number of rotatable bonds is 3. The summed E-state index contributed by atoms with van der Waals surface area (Å²) in [5.74, 6) is 0. The van der Waals surface area contributed by atoms with Crippen molar-refractivity contribution in [2.45, 2.75) is 20.4 Å². The van der Waals surface area contributed by atoms with Gasteiger partial charge in [-0.3, -0.25) is 5.10 Å². The predicted molar refractivity (Wildman–Crippen MR) is 77.6 cm³/mol. The highest BCUT2D eigenvalue weighted by atomic mass is 32.1. The Balaban J connectivity index is 1.93. The first kappa shape index (κ1) is 12.6. The minimum absolute atomic E-state index is 0.610. The molecule has 1 aromatic carbocycles. The van der Waals surface area contributed by atoms with Gasteiger partial charge in [-0.05, 0) is 49.3 Å². The lowest BCUT2D eigenvalue weighted by atomic mass is 10.1. The zero-order valence-corrected chi connectivity index (χ0v) is 11.3. The Kier molecular flexibility index (Phi) is 3.94. The SMILES string of the molecule is Cc1cccc(NC(=S)NCc2ccn[nH]2)c1C. The molecule has 0 aliphatic rings. The Bertz CT molecular complexity index is 534. The molecule has 1 aromatic heterocycles. The van der Waals surface area contributed by atoms with Crippen LogP contribution in [0.15, 0.2) is 30.5 Å². The Morgan fingerprint density at radius 1 is 1.33 bits per heavy atom. The Labute approximate surface area is 112 Å². The first-order chi connectivity index (χ1) is 8.66. The number of nitrogens with one attached hydrogen (secondary N) is 3. The van der Waals surface area contributed by atoms with Crippen LogP contribution in [-0.2, 0) is 6.54 Å². The fourth-order valence-electron chi connectivity index (χ4n) is 1.61. The van der Waals surface area contributed by atoms with Gasteiger partial charge in [-0.25, -0.2) is 0 Å². The van der Waals surface area contributed by atoms with Crippen LogP contribution in [0.5, 0.6) is 0 Å². The highest BCUT2D eigenvalue weighted by Crippen LogP contribution is 2.17. The summed E-state index contributed by atoms with van der Waals surface area (Å²) in [6.07, 6.45) is 1.72. The van der Waals surface area contributed by atoms with Crippen LogP contribution in [0.25, 0.3) is 0 Å². The number of H-pyrrole nitrogens is 1. The number of hydrogen-bond acceptors (Lipinski definition) is 2. The molecule has 0 atom stereocenters. The van der Waals surface area contributed by atoms with Gasteiger partial charge in [-0.1, -0.05) is 12.1 Å². The Hall–Kier alpha value is -1.88. The van der Waals surface area contributed by atoms with Gasteiger partial charge in [0.25, 0.3) is 0 Å². The van der Waals surface area contributed by atoms with Crippen LogP contribution in [0.1, 0.15) is 16.8 Å². The predicted octanol–water partition coefficient (Wildman–Crippen LogP) is 2.51. The minimum atomic E-state index is 0.610. The summed E-state index contributed by atoms with van der Waals surface area (Å²) in [6.45, 7) is 4.80. The highest BCUT2D eigenvalue weighted by molar-refractivity contribution is 7.80. The van der Waals surface area contributed by atoms with Crippen molar-refractivity contribution in [3.63, 3.8) is 0 Å². The average Bonchev–Trinajstić information content (AvgIpc) is 2.86. The average molecular weight is 260 g/mol. The second-order valence-electron chi connectivity index (χ2n) is 4.14. The zero-order valence-electron chi connectivity index (χ0n) is 10.4.